The highest BCUT2D eigenvalue weighted by atomic mass is 35.5. The average molecular weight is 312 g/mol. The molecule has 21 heavy (non-hydrogen) atoms. The fourth-order valence-electron chi connectivity index (χ4n) is 1.87. The van der Waals surface area contributed by atoms with Gasteiger partial charge in [0.15, 0.2) is 0 Å². The highest BCUT2D eigenvalue weighted by Crippen LogP contribution is 2.14. The number of carbonyl (C=O) groups excluding carboxylic acids is 1. The number of carboxylic acids is 1. The van der Waals surface area contributed by atoms with Gasteiger partial charge in [0.25, 0.3) is 5.91 Å². The number of halogens is 1. The zero-order chi connectivity index (χ0) is 15.4. The van der Waals surface area contributed by atoms with E-state index in [1.54, 1.807) is 4.68 Å². The van der Waals surface area contributed by atoms with E-state index >= 15 is 0 Å². The molecule has 2 aromatic heterocycles. The Morgan fingerprint density at radius 2 is 2.14 bits per heavy atom. The third-order valence-electron chi connectivity index (χ3n) is 2.85. The van der Waals surface area contributed by atoms with Crippen molar-refractivity contribution in [2.45, 2.75) is 26.6 Å². The van der Waals surface area contributed by atoms with Crippen LogP contribution in [0.1, 0.15) is 23.1 Å². The molecule has 0 aliphatic heterocycles. The Kier molecular flexibility index (Phi) is 4.59. The predicted molar refractivity (Wildman–Crippen MR) is 73.9 cm³/mol. The Balaban J connectivity index is 2.07. The van der Waals surface area contributed by atoms with Crippen LogP contribution in [0.15, 0.2) is 18.5 Å². The lowest BCUT2D eigenvalue weighted by atomic mass is 10.3. The van der Waals surface area contributed by atoms with Crippen molar-refractivity contribution in [3.63, 3.8) is 0 Å². The summed E-state index contributed by atoms with van der Waals surface area (Å²) < 4.78 is 2.80. The van der Waals surface area contributed by atoms with Gasteiger partial charge in [-0.1, -0.05) is 11.6 Å². The molecule has 0 atom stereocenters. The van der Waals surface area contributed by atoms with E-state index in [0.717, 1.165) is 4.68 Å². The van der Waals surface area contributed by atoms with Crippen molar-refractivity contribution < 1.29 is 14.7 Å². The molecule has 0 unspecified atom stereocenters. The number of rotatable bonds is 6. The molecule has 2 N–H and O–H groups in total. The molecular formula is C12H14ClN5O3. The maximum atomic E-state index is 12.1. The molecule has 0 radical (unpaired) electrons. The molecule has 0 aromatic carbocycles. The van der Waals surface area contributed by atoms with E-state index in [4.69, 9.17) is 16.7 Å². The van der Waals surface area contributed by atoms with E-state index in [-0.39, 0.29) is 18.8 Å². The topological polar surface area (TPSA) is 102 Å². The van der Waals surface area contributed by atoms with Gasteiger partial charge in [-0.15, -0.1) is 0 Å². The third-order valence-corrected chi connectivity index (χ3v) is 3.16. The number of amides is 1. The number of aliphatic carboxylic acids is 1. The van der Waals surface area contributed by atoms with Crippen molar-refractivity contribution in [3.8, 4) is 0 Å². The van der Waals surface area contributed by atoms with Crippen LogP contribution in [0, 0.1) is 0 Å². The van der Waals surface area contributed by atoms with Crippen LogP contribution in [0.4, 0.5) is 0 Å². The van der Waals surface area contributed by atoms with E-state index in [9.17, 15) is 9.59 Å². The highest BCUT2D eigenvalue weighted by Gasteiger charge is 2.15. The number of nitrogens with one attached hydrogen (secondary N) is 1. The monoisotopic (exact) mass is 311 g/mol. The molecule has 1 amide bonds. The zero-order valence-electron chi connectivity index (χ0n) is 11.3. The second-order valence-electron chi connectivity index (χ2n) is 4.21. The van der Waals surface area contributed by atoms with Gasteiger partial charge in [0, 0.05) is 12.7 Å². The summed E-state index contributed by atoms with van der Waals surface area (Å²) in [5.74, 6) is -1.49. The number of carboxylic acid groups (broad SMARTS) is 1. The third kappa shape index (κ3) is 3.40. The fourth-order valence-corrected chi connectivity index (χ4v) is 2.08. The summed E-state index contributed by atoms with van der Waals surface area (Å²) in [6.45, 7) is 2.37. The molecule has 2 heterocycles. The first-order chi connectivity index (χ1) is 10.0. The Bertz CT molecular complexity index is 664. The van der Waals surface area contributed by atoms with Gasteiger partial charge in [0.1, 0.15) is 12.2 Å². The predicted octanol–water partition coefficient (Wildman–Crippen LogP) is 0.768. The summed E-state index contributed by atoms with van der Waals surface area (Å²) >= 11 is 6.00. The molecule has 2 rings (SSSR count). The highest BCUT2D eigenvalue weighted by molar-refractivity contribution is 6.31. The van der Waals surface area contributed by atoms with Crippen LogP contribution in [0.5, 0.6) is 0 Å². The summed E-state index contributed by atoms with van der Waals surface area (Å²) in [6, 6.07) is 1.46. The number of aromatic nitrogens is 4. The maximum absolute atomic E-state index is 12.1. The van der Waals surface area contributed by atoms with Crippen LogP contribution in [0.25, 0.3) is 0 Å². The minimum absolute atomic E-state index is 0.177. The van der Waals surface area contributed by atoms with E-state index < -0.39 is 11.9 Å². The SMILES string of the molecule is CCn1ncc(Cl)c1CNC(=O)c1ccnn1CC(=O)O. The van der Waals surface area contributed by atoms with Gasteiger partial charge in [0.05, 0.1) is 23.5 Å². The number of nitrogens with zero attached hydrogens (tertiary/aromatic N) is 4. The van der Waals surface area contributed by atoms with Crippen LogP contribution in [0.3, 0.4) is 0 Å². The van der Waals surface area contributed by atoms with Crippen LogP contribution < -0.4 is 5.32 Å². The molecular weight excluding hydrogens is 298 g/mol. The van der Waals surface area contributed by atoms with E-state index in [2.05, 4.69) is 15.5 Å². The van der Waals surface area contributed by atoms with Crippen LogP contribution in [-0.4, -0.2) is 36.5 Å². The average Bonchev–Trinajstić information content (AvgIpc) is 3.02. The first-order valence-corrected chi connectivity index (χ1v) is 6.62. The summed E-state index contributed by atoms with van der Waals surface area (Å²) in [5.41, 5.74) is 0.868. The molecule has 0 fully saturated rings. The second-order valence-corrected chi connectivity index (χ2v) is 4.61. The quantitative estimate of drug-likeness (QED) is 0.820. The van der Waals surface area contributed by atoms with Gasteiger partial charge in [-0.05, 0) is 13.0 Å². The molecule has 0 aliphatic rings. The Morgan fingerprint density at radius 3 is 2.81 bits per heavy atom. The number of hydrogen-bond donors (Lipinski definition) is 2. The maximum Gasteiger partial charge on any atom is 0.325 e. The lowest BCUT2D eigenvalue weighted by Gasteiger charge is -2.08. The first-order valence-electron chi connectivity index (χ1n) is 6.25. The lowest BCUT2D eigenvalue weighted by Crippen LogP contribution is -2.28. The van der Waals surface area contributed by atoms with Crippen molar-refractivity contribution in [2.24, 2.45) is 0 Å². The standard InChI is InChI=1S/C12H14ClN5O3/c1-2-17-10(8(13)5-16-17)6-14-12(21)9-3-4-15-18(9)7-11(19)20/h3-5H,2,6-7H2,1H3,(H,14,21)(H,19,20). The minimum Gasteiger partial charge on any atom is -0.480 e. The summed E-state index contributed by atoms with van der Waals surface area (Å²) in [4.78, 5) is 22.8. The second kappa shape index (κ2) is 6.40. The van der Waals surface area contributed by atoms with Gasteiger partial charge < -0.3 is 10.4 Å². The van der Waals surface area contributed by atoms with Gasteiger partial charge in [-0.2, -0.15) is 10.2 Å². The van der Waals surface area contributed by atoms with E-state index in [0.29, 0.717) is 17.3 Å². The largest absolute Gasteiger partial charge is 0.480 e. The molecule has 8 nitrogen and oxygen atoms in total. The van der Waals surface area contributed by atoms with Crippen molar-refractivity contribution in [3.05, 3.63) is 34.9 Å². The van der Waals surface area contributed by atoms with Gasteiger partial charge >= 0.3 is 5.97 Å². The summed E-state index contributed by atoms with van der Waals surface area (Å²) in [5, 5.41) is 19.8. The van der Waals surface area contributed by atoms with Crippen molar-refractivity contribution in [1.82, 2.24) is 24.9 Å². The number of carbonyl (C=O) groups is 2. The van der Waals surface area contributed by atoms with Crippen molar-refractivity contribution >= 4 is 23.5 Å². The van der Waals surface area contributed by atoms with E-state index in [1.165, 1.54) is 18.5 Å². The van der Waals surface area contributed by atoms with Crippen LogP contribution >= 0.6 is 11.6 Å². The first kappa shape index (κ1) is 15.0. The normalized spacial score (nSPS) is 10.6. The van der Waals surface area contributed by atoms with Gasteiger partial charge in [-0.3, -0.25) is 14.3 Å². The fraction of sp³-hybridized carbons (Fsp3) is 0.333. The van der Waals surface area contributed by atoms with Gasteiger partial charge in [0.2, 0.25) is 0 Å². The summed E-state index contributed by atoms with van der Waals surface area (Å²) in [6.07, 6.45) is 2.89. The molecule has 0 saturated carbocycles. The molecule has 112 valence electrons. The molecule has 2 aromatic rings. The lowest BCUT2D eigenvalue weighted by molar-refractivity contribution is -0.137. The Hall–Kier alpha value is -2.35. The van der Waals surface area contributed by atoms with Crippen molar-refractivity contribution in [2.75, 3.05) is 0 Å². The zero-order valence-corrected chi connectivity index (χ0v) is 12.0. The minimum atomic E-state index is -1.07. The molecule has 0 saturated heterocycles. The summed E-state index contributed by atoms with van der Waals surface area (Å²) in [7, 11) is 0. The number of aryl methyl sites for hydroxylation is 1. The molecule has 9 heteroatoms. The molecule has 0 aliphatic carbocycles. The van der Waals surface area contributed by atoms with Crippen molar-refractivity contribution in [1.29, 1.82) is 0 Å². The Labute approximate surface area is 125 Å². The Morgan fingerprint density at radius 1 is 1.38 bits per heavy atom. The van der Waals surface area contributed by atoms with Gasteiger partial charge in [-0.25, -0.2) is 4.68 Å². The van der Waals surface area contributed by atoms with Crippen LogP contribution in [-0.2, 0) is 24.4 Å². The van der Waals surface area contributed by atoms with Crippen LogP contribution in [0.2, 0.25) is 5.02 Å². The number of hydrogen-bond acceptors (Lipinski definition) is 4. The van der Waals surface area contributed by atoms with E-state index in [1.807, 2.05) is 6.92 Å². The molecule has 0 spiro atoms. The molecule has 0 bridgehead atoms. The smallest absolute Gasteiger partial charge is 0.325 e.